The van der Waals surface area contributed by atoms with Crippen LogP contribution in [0.25, 0.3) is 0 Å². The van der Waals surface area contributed by atoms with Gasteiger partial charge in [0.2, 0.25) is 0 Å². The van der Waals surface area contributed by atoms with Crippen LogP contribution in [0.4, 0.5) is 5.69 Å². The maximum atomic E-state index is 9.62. The molecule has 0 aromatic heterocycles. The molecule has 1 saturated heterocycles. The summed E-state index contributed by atoms with van der Waals surface area (Å²) in [5.41, 5.74) is 1.30. The Morgan fingerprint density at radius 1 is 1.12 bits per heavy atom. The molecule has 0 amide bonds. The predicted octanol–water partition coefficient (Wildman–Crippen LogP) is 1.04. The van der Waals surface area contributed by atoms with Crippen molar-refractivity contribution in [1.29, 1.82) is 0 Å². The highest BCUT2D eigenvalue weighted by Crippen LogP contribution is 2.15. The first-order valence-electron chi connectivity index (χ1n) is 6.20. The van der Waals surface area contributed by atoms with E-state index in [-0.39, 0.29) is 6.10 Å². The van der Waals surface area contributed by atoms with Gasteiger partial charge in [-0.15, -0.1) is 9.24 Å². The average molecular weight is 252 g/mol. The van der Waals surface area contributed by atoms with Crippen molar-refractivity contribution in [3.05, 3.63) is 30.3 Å². The second-order valence-electron chi connectivity index (χ2n) is 4.51. The van der Waals surface area contributed by atoms with Crippen LogP contribution in [0.5, 0.6) is 0 Å². The zero-order valence-corrected chi connectivity index (χ0v) is 11.3. The molecule has 4 heteroatoms. The summed E-state index contributed by atoms with van der Waals surface area (Å²) in [6.07, 6.45) is 0.557. The minimum atomic E-state index is -0.205. The molecule has 2 rings (SSSR count). The summed E-state index contributed by atoms with van der Waals surface area (Å²) in [5, 5.41) is 9.62. The van der Waals surface area contributed by atoms with Crippen molar-refractivity contribution < 1.29 is 5.11 Å². The molecular formula is C13H21N2OP. The smallest absolute Gasteiger partial charge is 0.0701 e. The maximum absolute atomic E-state index is 9.62. The van der Waals surface area contributed by atoms with Gasteiger partial charge < -0.3 is 10.0 Å². The van der Waals surface area contributed by atoms with Gasteiger partial charge in [0.15, 0.2) is 0 Å². The van der Waals surface area contributed by atoms with E-state index in [0.29, 0.717) is 0 Å². The first kappa shape index (κ1) is 12.8. The molecule has 1 aliphatic rings. The van der Waals surface area contributed by atoms with Gasteiger partial charge in [0.25, 0.3) is 0 Å². The summed E-state index contributed by atoms with van der Waals surface area (Å²) >= 11 is 0. The van der Waals surface area contributed by atoms with Gasteiger partial charge in [0.05, 0.1) is 6.10 Å². The van der Waals surface area contributed by atoms with Crippen LogP contribution >= 0.6 is 9.24 Å². The Bertz CT molecular complexity index is 325. The van der Waals surface area contributed by atoms with Crippen LogP contribution < -0.4 is 4.90 Å². The molecule has 1 N–H and O–H groups in total. The quantitative estimate of drug-likeness (QED) is 0.811. The van der Waals surface area contributed by atoms with Crippen LogP contribution in [0.3, 0.4) is 0 Å². The van der Waals surface area contributed by atoms with E-state index >= 15 is 0 Å². The van der Waals surface area contributed by atoms with Crippen molar-refractivity contribution in [1.82, 2.24) is 4.90 Å². The monoisotopic (exact) mass is 252 g/mol. The molecule has 0 radical (unpaired) electrons. The number of benzene rings is 1. The van der Waals surface area contributed by atoms with E-state index in [1.165, 1.54) is 5.69 Å². The molecule has 94 valence electrons. The average Bonchev–Trinajstić information content (AvgIpc) is 2.40. The van der Waals surface area contributed by atoms with Crippen LogP contribution in [0.15, 0.2) is 30.3 Å². The number of hydrogen-bond acceptors (Lipinski definition) is 3. The van der Waals surface area contributed by atoms with E-state index in [9.17, 15) is 5.11 Å². The molecule has 0 aliphatic carbocycles. The SMILES string of the molecule is OC(CP)CN1CCN(c2ccccc2)CC1. The molecule has 3 nitrogen and oxygen atoms in total. The Kier molecular flexibility index (Phi) is 4.78. The molecule has 2 unspecified atom stereocenters. The lowest BCUT2D eigenvalue weighted by Crippen LogP contribution is -2.48. The van der Waals surface area contributed by atoms with Gasteiger partial charge in [-0.2, -0.15) is 0 Å². The number of hydrogen-bond donors (Lipinski definition) is 1. The normalized spacial score (nSPS) is 19.3. The predicted molar refractivity (Wildman–Crippen MR) is 75.7 cm³/mol. The van der Waals surface area contributed by atoms with Crippen molar-refractivity contribution >= 4 is 14.9 Å². The summed E-state index contributed by atoms with van der Waals surface area (Å²) in [4.78, 5) is 4.75. The van der Waals surface area contributed by atoms with Crippen LogP contribution in [0, 0.1) is 0 Å². The van der Waals surface area contributed by atoms with Crippen LogP contribution in [-0.4, -0.2) is 55.0 Å². The number of rotatable bonds is 4. The number of aliphatic hydroxyl groups is 1. The fourth-order valence-corrected chi connectivity index (χ4v) is 2.35. The number of nitrogens with zero attached hydrogens (tertiary/aromatic N) is 2. The standard InChI is InChI=1S/C13H21N2OP/c16-13(11-17)10-14-6-8-15(9-7-14)12-4-2-1-3-5-12/h1-5,13,16H,6-11,17H2. The van der Waals surface area contributed by atoms with Crippen molar-refractivity contribution in [2.24, 2.45) is 0 Å². The van der Waals surface area contributed by atoms with Gasteiger partial charge in [0, 0.05) is 38.4 Å². The van der Waals surface area contributed by atoms with Gasteiger partial charge in [-0.3, -0.25) is 4.90 Å². The molecule has 17 heavy (non-hydrogen) atoms. The van der Waals surface area contributed by atoms with E-state index in [2.05, 4.69) is 49.4 Å². The molecule has 0 bridgehead atoms. The van der Waals surface area contributed by atoms with E-state index < -0.39 is 0 Å². The molecule has 0 saturated carbocycles. The summed E-state index contributed by atoms with van der Waals surface area (Å²) in [5.74, 6) is 0. The third-order valence-electron chi connectivity index (χ3n) is 3.23. The van der Waals surface area contributed by atoms with Crippen molar-refractivity contribution in [2.75, 3.05) is 43.8 Å². The molecule has 1 aliphatic heterocycles. The lowest BCUT2D eigenvalue weighted by Gasteiger charge is -2.36. The number of piperazine rings is 1. The fraction of sp³-hybridized carbons (Fsp3) is 0.538. The van der Waals surface area contributed by atoms with Gasteiger partial charge in [-0.05, 0) is 18.3 Å². The number of para-hydroxylation sites is 1. The first-order chi connectivity index (χ1) is 8.29. The second kappa shape index (κ2) is 6.34. The highest BCUT2D eigenvalue weighted by Gasteiger charge is 2.18. The van der Waals surface area contributed by atoms with Crippen LogP contribution in [-0.2, 0) is 0 Å². The van der Waals surface area contributed by atoms with Crippen LogP contribution in [0.2, 0.25) is 0 Å². The fourth-order valence-electron chi connectivity index (χ4n) is 2.20. The Balaban J connectivity index is 1.82. The van der Waals surface area contributed by atoms with Gasteiger partial charge >= 0.3 is 0 Å². The molecule has 1 heterocycles. The van der Waals surface area contributed by atoms with E-state index in [1.807, 2.05) is 0 Å². The van der Waals surface area contributed by atoms with Crippen molar-refractivity contribution in [2.45, 2.75) is 6.10 Å². The van der Waals surface area contributed by atoms with Crippen LogP contribution in [0.1, 0.15) is 0 Å². The lowest BCUT2D eigenvalue weighted by atomic mass is 10.2. The molecule has 2 atom stereocenters. The summed E-state index contributed by atoms with van der Waals surface area (Å²) in [6, 6.07) is 10.5. The van der Waals surface area contributed by atoms with Gasteiger partial charge in [-0.25, -0.2) is 0 Å². The second-order valence-corrected chi connectivity index (χ2v) is 4.98. The maximum Gasteiger partial charge on any atom is 0.0701 e. The summed E-state index contributed by atoms with van der Waals surface area (Å²) in [6.45, 7) is 4.97. The molecule has 1 fully saturated rings. The zero-order valence-electron chi connectivity index (χ0n) is 10.1. The highest BCUT2D eigenvalue weighted by molar-refractivity contribution is 7.16. The third kappa shape index (κ3) is 3.67. The Labute approximate surface area is 106 Å². The Morgan fingerprint density at radius 2 is 1.76 bits per heavy atom. The minimum absolute atomic E-state index is 0.205. The summed E-state index contributed by atoms with van der Waals surface area (Å²) < 4.78 is 0. The summed E-state index contributed by atoms with van der Waals surface area (Å²) in [7, 11) is 2.60. The minimum Gasteiger partial charge on any atom is -0.391 e. The Morgan fingerprint density at radius 3 is 2.35 bits per heavy atom. The topological polar surface area (TPSA) is 26.7 Å². The van der Waals surface area contributed by atoms with Gasteiger partial charge in [0.1, 0.15) is 0 Å². The Hall–Kier alpha value is -0.630. The molecule has 1 aromatic carbocycles. The number of aliphatic hydroxyl groups excluding tert-OH is 1. The van der Waals surface area contributed by atoms with E-state index in [4.69, 9.17) is 0 Å². The molecule has 1 aromatic rings. The van der Waals surface area contributed by atoms with Gasteiger partial charge in [-0.1, -0.05) is 18.2 Å². The van der Waals surface area contributed by atoms with E-state index in [0.717, 1.165) is 38.9 Å². The van der Waals surface area contributed by atoms with E-state index in [1.54, 1.807) is 0 Å². The molecule has 0 spiro atoms. The molecular weight excluding hydrogens is 231 g/mol. The zero-order chi connectivity index (χ0) is 12.1. The number of β-amino-alcohol motifs (C(OH)–C–C–N with tert-alkyl or cyclic N) is 1. The van der Waals surface area contributed by atoms with Crippen molar-refractivity contribution in [3.63, 3.8) is 0 Å². The number of anilines is 1. The largest absolute Gasteiger partial charge is 0.391 e. The highest BCUT2D eigenvalue weighted by atomic mass is 31.0. The van der Waals surface area contributed by atoms with Crippen molar-refractivity contribution in [3.8, 4) is 0 Å². The first-order valence-corrected chi connectivity index (χ1v) is 7.01. The third-order valence-corrected chi connectivity index (χ3v) is 3.78. The lowest BCUT2D eigenvalue weighted by molar-refractivity contribution is 0.126.